The average molecular weight is 295 g/mol. The van der Waals surface area contributed by atoms with Crippen LogP contribution in [0, 0.1) is 11.8 Å². The quantitative estimate of drug-likeness (QED) is 0.813. The van der Waals surface area contributed by atoms with Gasteiger partial charge in [0.1, 0.15) is 0 Å². The van der Waals surface area contributed by atoms with E-state index in [0.29, 0.717) is 12.3 Å². The summed E-state index contributed by atoms with van der Waals surface area (Å²) in [6.07, 6.45) is 5.75. The van der Waals surface area contributed by atoms with E-state index in [4.69, 9.17) is 0 Å². The minimum atomic E-state index is 0.331. The van der Waals surface area contributed by atoms with Gasteiger partial charge in [0.05, 0.1) is 0 Å². The molecule has 2 fully saturated rings. The highest BCUT2D eigenvalue weighted by Gasteiger charge is 2.25. The summed E-state index contributed by atoms with van der Waals surface area (Å²) in [6, 6.07) is 0. The maximum Gasteiger partial charge on any atom is 0.222 e. The Bertz CT molecular complexity index is 305. The molecule has 0 atom stereocenters. The third-order valence-electron chi connectivity index (χ3n) is 5.18. The minimum Gasteiger partial charge on any atom is -0.343 e. The smallest absolute Gasteiger partial charge is 0.222 e. The average Bonchev–Trinajstić information content (AvgIpc) is 2.54. The standard InChI is InChI=1S/C17H33N3O/c1-3-17(21)20-11-7-16(8-12-20)14-19-9-5-15(6-10-19)13-18-4-2/h15-16,18H,3-14H2,1-2H3. The fourth-order valence-electron chi connectivity index (χ4n) is 3.68. The summed E-state index contributed by atoms with van der Waals surface area (Å²) in [5.41, 5.74) is 0. The van der Waals surface area contributed by atoms with Gasteiger partial charge in [0.15, 0.2) is 0 Å². The lowest BCUT2D eigenvalue weighted by molar-refractivity contribution is -0.132. The van der Waals surface area contributed by atoms with E-state index in [1.54, 1.807) is 0 Å². The summed E-state index contributed by atoms with van der Waals surface area (Å²) < 4.78 is 0. The SMILES string of the molecule is CCNCC1CCN(CC2CCN(C(=O)CC)CC2)CC1. The van der Waals surface area contributed by atoms with Crippen molar-refractivity contribution in [2.24, 2.45) is 11.8 Å². The monoisotopic (exact) mass is 295 g/mol. The van der Waals surface area contributed by atoms with Gasteiger partial charge in [-0.3, -0.25) is 4.79 Å². The molecule has 0 radical (unpaired) electrons. The molecule has 0 bridgehead atoms. The van der Waals surface area contributed by atoms with Crippen LogP contribution in [0.4, 0.5) is 0 Å². The summed E-state index contributed by atoms with van der Waals surface area (Å²) in [5.74, 6) is 2.01. The lowest BCUT2D eigenvalue weighted by Gasteiger charge is -2.37. The number of hydrogen-bond donors (Lipinski definition) is 1. The molecule has 21 heavy (non-hydrogen) atoms. The van der Waals surface area contributed by atoms with E-state index in [9.17, 15) is 4.79 Å². The van der Waals surface area contributed by atoms with Crippen LogP contribution in [-0.2, 0) is 4.79 Å². The first-order chi connectivity index (χ1) is 10.2. The maximum atomic E-state index is 11.7. The molecule has 1 amide bonds. The van der Waals surface area contributed by atoms with E-state index in [1.807, 2.05) is 6.92 Å². The largest absolute Gasteiger partial charge is 0.343 e. The Hall–Kier alpha value is -0.610. The number of nitrogens with one attached hydrogen (secondary N) is 1. The van der Waals surface area contributed by atoms with Crippen molar-refractivity contribution < 1.29 is 4.79 Å². The van der Waals surface area contributed by atoms with Crippen molar-refractivity contribution in [3.05, 3.63) is 0 Å². The number of nitrogens with zero attached hydrogens (tertiary/aromatic N) is 2. The number of piperidine rings is 2. The van der Waals surface area contributed by atoms with Gasteiger partial charge in [-0.2, -0.15) is 0 Å². The number of amides is 1. The Kier molecular flexibility index (Phi) is 6.97. The molecule has 0 aromatic carbocycles. The Morgan fingerprint density at radius 1 is 1.00 bits per heavy atom. The summed E-state index contributed by atoms with van der Waals surface area (Å²) in [5, 5.41) is 3.48. The van der Waals surface area contributed by atoms with Gasteiger partial charge in [0, 0.05) is 26.1 Å². The molecule has 0 aromatic rings. The van der Waals surface area contributed by atoms with Gasteiger partial charge in [0.25, 0.3) is 0 Å². The molecule has 0 spiro atoms. The van der Waals surface area contributed by atoms with Gasteiger partial charge >= 0.3 is 0 Å². The van der Waals surface area contributed by atoms with Crippen LogP contribution in [0.15, 0.2) is 0 Å². The van der Waals surface area contributed by atoms with Crippen LogP contribution in [0.3, 0.4) is 0 Å². The number of carbonyl (C=O) groups excluding carboxylic acids is 1. The van der Waals surface area contributed by atoms with Gasteiger partial charge in [-0.25, -0.2) is 0 Å². The van der Waals surface area contributed by atoms with Gasteiger partial charge in [-0.15, -0.1) is 0 Å². The number of hydrogen-bond acceptors (Lipinski definition) is 3. The van der Waals surface area contributed by atoms with E-state index >= 15 is 0 Å². The van der Waals surface area contributed by atoms with Crippen molar-refractivity contribution in [2.45, 2.75) is 46.0 Å². The zero-order valence-corrected chi connectivity index (χ0v) is 13.9. The van der Waals surface area contributed by atoms with E-state index in [0.717, 1.165) is 31.5 Å². The molecule has 0 unspecified atom stereocenters. The summed E-state index contributed by atoms with van der Waals surface area (Å²) >= 11 is 0. The molecule has 2 rings (SSSR count). The lowest BCUT2D eigenvalue weighted by Crippen LogP contribution is -2.43. The molecule has 0 aromatic heterocycles. The molecule has 4 nitrogen and oxygen atoms in total. The highest BCUT2D eigenvalue weighted by atomic mass is 16.2. The zero-order valence-electron chi connectivity index (χ0n) is 13.9. The van der Waals surface area contributed by atoms with Crippen LogP contribution in [0.1, 0.15) is 46.0 Å². The first-order valence-electron chi connectivity index (χ1n) is 8.93. The second kappa shape index (κ2) is 8.74. The molecular weight excluding hydrogens is 262 g/mol. The fraction of sp³-hybridized carbons (Fsp3) is 0.941. The normalized spacial score (nSPS) is 22.7. The van der Waals surface area contributed by atoms with Gasteiger partial charge in [-0.1, -0.05) is 13.8 Å². The van der Waals surface area contributed by atoms with Crippen LogP contribution >= 0.6 is 0 Å². The second-order valence-electron chi connectivity index (χ2n) is 6.73. The second-order valence-corrected chi connectivity index (χ2v) is 6.73. The van der Waals surface area contributed by atoms with E-state index in [2.05, 4.69) is 22.0 Å². The molecule has 0 saturated carbocycles. The zero-order chi connectivity index (χ0) is 15.1. The Balaban J connectivity index is 1.62. The highest BCUT2D eigenvalue weighted by molar-refractivity contribution is 5.75. The number of rotatable bonds is 6. The molecular formula is C17H33N3O. The molecule has 2 aliphatic heterocycles. The van der Waals surface area contributed by atoms with Crippen LogP contribution < -0.4 is 5.32 Å². The predicted molar refractivity (Wildman–Crippen MR) is 87.3 cm³/mol. The predicted octanol–water partition coefficient (Wildman–Crippen LogP) is 1.96. The first kappa shape index (κ1) is 16.8. The van der Waals surface area contributed by atoms with E-state index in [1.165, 1.54) is 51.9 Å². The third kappa shape index (κ3) is 5.26. The van der Waals surface area contributed by atoms with Crippen molar-refractivity contribution in [1.29, 1.82) is 0 Å². The van der Waals surface area contributed by atoms with Crippen molar-refractivity contribution in [2.75, 3.05) is 45.8 Å². The molecule has 2 saturated heterocycles. The van der Waals surface area contributed by atoms with Crippen LogP contribution in [0.5, 0.6) is 0 Å². The molecule has 2 aliphatic rings. The van der Waals surface area contributed by atoms with Crippen LogP contribution in [0.2, 0.25) is 0 Å². The van der Waals surface area contributed by atoms with Crippen LogP contribution in [0.25, 0.3) is 0 Å². The molecule has 122 valence electrons. The fourth-order valence-corrected chi connectivity index (χ4v) is 3.68. The van der Waals surface area contributed by atoms with Crippen molar-refractivity contribution in [3.8, 4) is 0 Å². The Morgan fingerprint density at radius 2 is 1.62 bits per heavy atom. The van der Waals surface area contributed by atoms with Gasteiger partial charge in [0.2, 0.25) is 5.91 Å². The molecule has 0 aliphatic carbocycles. The summed E-state index contributed by atoms with van der Waals surface area (Å²) in [7, 11) is 0. The van der Waals surface area contributed by atoms with Crippen molar-refractivity contribution in [3.63, 3.8) is 0 Å². The highest BCUT2D eigenvalue weighted by Crippen LogP contribution is 2.22. The lowest BCUT2D eigenvalue weighted by atomic mass is 9.92. The maximum absolute atomic E-state index is 11.7. The topological polar surface area (TPSA) is 35.6 Å². The number of likely N-dealkylation sites (tertiary alicyclic amines) is 2. The minimum absolute atomic E-state index is 0.331. The van der Waals surface area contributed by atoms with E-state index < -0.39 is 0 Å². The van der Waals surface area contributed by atoms with Gasteiger partial charge < -0.3 is 15.1 Å². The molecule has 2 heterocycles. The van der Waals surface area contributed by atoms with E-state index in [-0.39, 0.29) is 0 Å². The Labute approximate surface area is 130 Å². The molecule has 1 N–H and O–H groups in total. The molecule has 4 heteroatoms. The van der Waals surface area contributed by atoms with Gasteiger partial charge in [-0.05, 0) is 63.7 Å². The van der Waals surface area contributed by atoms with Crippen molar-refractivity contribution >= 4 is 5.91 Å². The van der Waals surface area contributed by atoms with Crippen molar-refractivity contribution in [1.82, 2.24) is 15.1 Å². The number of carbonyl (C=O) groups is 1. The summed E-state index contributed by atoms with van der Waals surface area (Å²) in [6.45, 7) is 12.2. The summed E-state index contributed by atoms with van der Waals surface area (Å²) in [4.78, 5) is 16.4. The Morgan fingerprint density at radius 3 is 2.19 bits per heavy atom. The van der Waals surface area contributed by atoms with Crippen LogP contribution in [-0.4, -0.2) is 61.5 Å². The first-order valence-corrected chi connectivity index (χ1v) is 8.93. The third-order valence-corrected chi connectivity index (χ3v) is 5.18.